The summed E-state index contributed by atoms with van der Waals surface area (Å²) in [5, 5.41) is 0. The number of benzene rings is 1. The fraction of sp³-hybridized carbons (Fsp3) is 0.611. The van der Waals surface area contributed by atoms with Crippen LogP contribution in [0, 0.1) is 0 Å². The van der Waals surface area contributed by atoms with E-state index in [2.05, 4.69) is 45.0 Å². The summed E-state index contributed by atoms with van der Waals surface area (Å²) >= 11 is 0. The van der Waals surface area contributed by atoms with Crippen LogP contribution in [0.2, 0.25) is 0 Å². The zero-order chi connectivity index (χ0) is 15.6. The molecule has 1 heterocycles. The van der Waals surface area contributed by atoms with Crippen molar-refractivity contribution in [2.24, 2.45) is 5.73 Å². The standard InChI is InChI=1S/C18H28N2O/c1-13(19)12-17(21)20-11-5-6-16(20)14-7-9-15(10-8-14)18(2,3)4/h7-10,13,16H,5-6,11-12,19H2,1-4H3. The molecular formula is C18H28N2O. The van der Waals surface area contributed by atoms with Crippen molar-refractivity contribution in [3.8, 4) is 0 Å². The Kier molecular flexibility index (Phi) is 4.72. The van der Waals surface area contributed by atoms with Crippen LogP contribution in [0.25, 0.3) is 0 Å². The van der Waals surface area contributed by atoms with Gasteiger partial charge >= 0.3 is 0 Å². The molecule has 1 amide bonds. The number of hydrogen-bond donors (Lipinski definition) is 1. The monoisotopic (exact) mass is 288 g/mol. The van der Waals surface area contributed by atoms with Gasteiger partial charge < -0.3 is 10.6 Å². The molecule has 1 aliphatic heterocycles. The van der Waals surface area contributed by atoms with E-state index in [-0.39, 0.29) is 23.4 Å². The second-order valence-electron chi connectivity index (χ2n) is 7.30. The molecule has 1 aromatic carbocycles. The lowest BCUT2D eigenvalue weighted by atomic mass is 9.86. The Morgan fingerprint density at radius 2 is 1.95 bits per heavy atom. The minimum atomic E-state index is -0.0676. The normalized spacial score (nSPS) is 20.6. The third-order valence-corrected chi connectivity index (χ3v) is 4.23. The van der Waals surface area contributed by atoms with Crippen LogP contribution >= 0.6 is 0 Å². The first-order chi connectivity index (χ1) is 9.79. The van der Waals surface area contributed by atoms with Gasteiger partial charge in [-0.05, 0) is 36.3 Å². The molecule has 2 unspecified atom stereocenters. The average Bonchev–Trinajstić information content (AvgIpc) is 2.86. The van der Waals surface area contributed by atoms with Crippen LogP contribution in [0.15, 0.2) is 24.3 Å². The van der Waals surface area contributed by atoms with E-state index in [4.69, 9.17) is 5.73 Å². The lowest BCUT2D eigenvalue weighted by molar-refractivity contribution is -0.132. The highest BCUT2D eigenvalue weighted by Gasteiger charge is 2.30. The molecule has 0 aliphatic carbocycles. The Bertz CT molecular complexity index is 485. The maximum atomic E-state index is 12.3. The number of carbonyl (C=O) groups is 1. The van der Waals surface area contributed by atoms with Gasteiger partial charge in [-0.25, -0.2) is 0 Å². The van der Waals surface area contributed by atoms with Gasteiger partial charge in [0.05, 0.1) is 6.04 Å². The topological polar surface area (TPSA) is 46.3 Å². The minimum Gasteiger partial charge on any atom is -0.336 e. The number of amides is 1. The highest BCUT2D eigenvalue weighted by Crippen LogP contribution is 2.33. The summed E-state index contributed by atoms with van der Waals surface area (Å²) in [5.74, 6) is 0.187. The first-order valence-electron chi connectivity index (χ1n) is 7.94. The summed E-state index contributed by atoms with van der Waals surface area (Å²) < 4.78 is 0. The number of nitrogens with two attached hydrogens (primary N) is 1. The third kappa shape index (κ3) is 3.85. The maximum absolute atomic E-state index is 12.3. The quantitative estimate of drug-likeness (QED) is 0.926. The molecule has 116 valence electrons. The van der Waals surface area contributed by atoms with E-state index in [9.17, 15) is 4.79 Å². The van der Waals surface area contributed by atoms with Crippen molar-refractivity contribution in [2.75, 3.05) is 6.54 Å². The van der Waals surface area contributed by atoms with E-state index in [0.717, 1.165) is 19.4 Å². The van der Waals surface area contributed by atoms with Crippen LogP contribution in [-0.2, 0) is 10.2 Å². The predicted molar refractivity (Wildman–Crippen MR) is 87.1 cm³/mol. The Morgan fingerprint density at radius 3 is 2.48 bits per heavy atom. The molecule has 0 saturated carbocycles. The lowest BCUT2D eigenvalue weighted by Crippen LogP contribution is -2.34. The summed E-state index contributed by atoms with van der Waals surface area (Å²) in [7, 11) is 0. The molecule has 1 fully saturated rings. The van der Waals surface area contributed by atoms with Crippen LogP contribution < -0.4 is 5.73 Å². The lowest BCUT2D eigenvalue weighted by Gasteiger charge is -2.27. The van der Waals surface area contributed by atoms with Crippen molar-refractivity contribution in [2.45, 2.75) is 64.5 Å². The van der Waals surface area contributed by atoms with Crippen molar-refractivity contribution in [3.63, 3.8) is 0 Å². The van der Waals surface area contributed by atoms with Crippen molar-refractivity contribution < 1.29 is 4.79 Å². The summed E-state index contributed by atoms with van der Waals surface area (Å²) in [6, 6.07) is 8.92. The van der Waals surface area contributed by atoms with Crippen molar-refractivity contribution in [1.82, 2.24) is 4.90 Å². The number of hydrogen-bond acceptors (Lipinski definition) is 2. The van der Waals surface area contributed by atoms with Crippen molar-refractivity contribution in [1.29, 1.82) is 0 Å². The molecule has 2 N–H and O–H groups in total. The fourth-order valence-corrected chi connectivity index (χ4v) is 3.01. The zero-order valence-electron chi connectivity index (χ0n) is 13.7. The Hall–Kier alpha value is -1.35. The summed E-state index contributed by atoms with van der Waals surface area (Å²) in [6.07, 6.45) is 2.58. The third-order valence-electron chi connectivity index (χ3n) is 4.23. The number of likely N-dealkylation sites (tertiary alicyclic amines) is 1. The van der Waals surface area contributed by atoms with Gasteiger partial charge in [0.1, 0.15) is 0 Å². The molecule has 0 spiro atoms. The number of rotatable bonds is 3. The highest BCUT2D eigenvalue weighted by atomic mass is 16.2. The zero-order valence-corrected chi connectivity index (χ0v) is 13.7. The molecule has 2 rings (SSSR count). The molecule has 0 aromatic heterocycles. The molecule has 1 aliphatic rings. The average molecular weight is 288 g/mol. The van der Waals surface area contributed by atoms with E-state index >= 15 is 0 Å². The second kappa shape index (κ2) is 6.18. The van der Waals surface area contributed by atoms with Gasteiger partial charge in [0.15, 0.2) is 0 Å². The van der Waals surface area contributed by atoms with Gasteiger partial charge in [-0.3, -0.25) is 4.79 Å². The molecule has 0 bridgehead atoms. The van der Waals surface area contributed by atoms with E-state index in [1.54, 1.807) is 0 Å². The molecule has 21 heavy (non-hydrogen) atoms. The van der Waals surface area contributed by atoms with Gasteiger partial charge in [0, 0.05) is 19.0 Å². The van der Waals surface area contributed by atoms with Crippen molar-refractivity contribution >= 4 is 5.91 Å². The predicted octanol–water partition coefficient (Wildman–Crippen LogP) is 3.38. The van der Waals surface area contributed by atoms with E-state index in [0.29, 0.717) is 6.42 Å². The molecule has 0 radical (unpaired) electrons. The van der Waals surface area contributed by atoms with Crippen LogP contribution in [0.1, 0.15) is 64.1 Å². The summed E-state index contributed by atoms with van der Waals surface area (Å²) in [6.45, 7) is 9.40. The van der Waals surface area contributed by atoms with Crippen LogP contribution in [0.4, 0.5) is 0 Å². The van der Waals surface area contributed by atoms with E-state index in [1.165, 1.54) is 11.1 Å². The molecule has 1 aromatic rings. The van der Waals surface area contributed by atoms with Crippen LogP contribution in [-0.4, -0.2) is 23.4 Å². The van der Waals surface area contributed by atoms with Crippen LogP contribution in [0.5, 0.6) is 0 Å². The summed E-state index contributed by atoms with van der Waals surface area (Å²) in [5.41, 5.74) is 8.51. The van der Waals surface area contributed by atoms with Gasteiger partial charge in [-0.15, -0.1) is 0 Å². The van der Waals surface area contributed by atoms with E-state index < -0.39 is 0 Å². The molecular weight excluding hydrogens is 260 g/mol. The smallest absolute Gasteiger partial charge is 0.224 e. The van der Waals surface area contributed by atoms with Gasteiger partial charge in [0.2, 0.25) is 5.91 Å². The largest absolute Gasteiger partial charge is 0.336 e. The Labute approximate surface area is 128 Å². The molecule has 1 saturated heterocycles. The number of carbonyl (C=O) groups excluding carboxylic acids is 1. The first-order valence-corrected chi connectivity index (χ1v) is 7.94. The Balaban J connectivity index is 2.15. The summed E-state index contributed by atoms with van der Waals surface area (Å²) in [4.78, 5) is 14.3. The van der Waals surface area contributed by atoms with E-state index in [1.807, 2.05) is 11.8 Å². The number of nitrogens with zero attached hydrogens (tertiary/aromatic N) is 1. The molecule has 3 heteroatoms. The SMILES string of the molecule is CC(N)CC(=O)N1CCCC1c1ccc(C(C)(C)C)cc1. The van der Waals surface area contributed by atoms with Gasteiger partial charge in [-0.1, -0.05) is 45.0 Å². The van der Waals surface area contributed by atoms with Gasteiger partial charge in [-0.2, -0.15) is 0 Å². The maximum Gasteiger partial charge on any atom is 0.224 e. The van der Waals surface area contributed by atoms with Gasteiger partial charge in [0.25, 0.3) is 0 Å². The fourth-order valence-electron chi connectivity index (χ4n) is 3.01. The molecule has 2 atom stereocenters. The Morgan fingerprint density at radius 1 is 1.33 bits per heavy atom. The second-order valence-corrected chi connectivity index (χ2v) is 7.30. The minimum absolute atomic E-state index is 0.0676. The van der Waals surface area contributed by atoms with Crippen LogP contribution in [0.3, 0.4) is 0 Å². The first kappa shape index (κ1) is 16.0. The van der Waals surface area contributed by atoms with Crippen molar-refractivity contribution in [3.05, 3.63) is 35.4 Å². The highest BCUT2D eigenvalue weighted by molar-refractivity contribution is 5.77. The molecule has 3 nitrogen and oxygen atoms in total.